The molecule has 3 heteroatoms. The summed E-state index contributed by atoms with van der Waals surface area (Å²) in [7, 11) is 1.46. The van der Waals surface area contributed by atoms with E-state index in [0.717, 1.165) is 25.7 Å². The number of methoxy groups -OCH3 is 1. The average Bonchev–Trinajstić information content (AvgIpc) is 2.53. The number of rotatable bonds is 17. The lowest BCUT2D eigenvalue weighted by atomic mass is 10.0. The van der Waals surface area contributed by atoms with Crippen LogP contribution in [0.5, 0.6) is 0 Å². The van der Waals surface area contributed by atoms with E-state index < -0.39 is 0 Å². The molecule has 0 aliphatic heterocycles. The van der Waals surface area contributed by atoms with Crippen LogP contribution in [-0.4, -0.2) is 18.9 Å². The summed E-state index contributed by atoms with van der Waals surface area (Å²) >= 11 is 0. The Hall–Kier alpha value is -0.860. The highest BCUT2D eigenvalue weighted by Gasteiger charge is 1.99. The van der Waals surface area contributed by atoms with Crippen LogP contribution in [0.4, 0.5) is 0 Å². The molecule has 0 aliphatic carbocycles. The van der Waals surface area contributed by atoms with E-state index in [-0.39, 0.29) is 5.97 Å². The van der Waals surface area contributed by atoms with Gasteiger partial charge in [-0.1, -0.05) is 77.0 Å². The number of ketones is 1. The predicted octanol–water partition coefficient (Wildman–Crippen LogP) is 5.99. The Bertz CT molecular complexity index is 287. The lowest BCUT2D eigenvalue weighted by Crippen LogP contribution is -1.99. The van der Waals surface area contributed by atoms with Gasteiger partial charge >= 0.3 is 5.97 Å². The van der Waals surface area contributed by atoms with E-state index in [0.29, 0.717) is 12.2 Å². The third-order valence-electron chi connectivity index (χ3n) is 4.39. The molecule has 0 fully saturated rings. The second-order valence-corrected chi connectivity index (χ2v) is 6.73. The van der Waals surface area contributed by atoms with Crippen molar-refractivity contribution in [1.82, 2.24) is 0 Å². The van der Waals surface area contributed by atoms with Crippen molar-refractivity contribution < 1.29 is 14.3 Å². The van der Waals surface area contributed by atoms with Crippen LogP contribution in [0.1, 0.15) is 110 Å². The van der Waals surface area contributed by atoms with Crippen molar-refractivity contribution in [3.05, 3.63) is 0 Å². The number of unbranched alkanes of at least 4 members (excludes halogenated alkanes) is 13. The average molecular weight is 327 g/mol. The lowest BCUT2D eigenvalue weighted by Gasteiger charge is -2.03. The van der Waals surface area contributed by atoms with Crippen LogP contribution >= 0.6 is 0 Å². The number of hydrogen-bond donors (Lipinski definition) is 0. The van der Waals surface area contributed by atoms with E-state index in [4.69, 9.17) is 0 Å². The molecular formula is C20H38O3. The largest absolute Gasteiger partial charge is 0.469 e. The number of Topliss-reactive ketones (excluding diaryl/α,β-unsaturated/α-hetero) is 1. The van der Waals surface area contributed by atoms with Gasteiger partial charge in [-0.05, 0) is 19.8 Å². The maximum Gasteiger partial charge on any atom is 0.305 e. The molecule has 0 aromatic heterocycles. The maximum atomic E-state index is 10.9. The Balaban J connectivity index is 3.02. The van der Waals surface area contributed by atoms with Crippen LogP contribution in [0.25, 0.3) is 0 Å². The van der Waals surface area contributed by atoms with Crippen LogP contribution in [0, 0.1) is 0 Å². The molecule has 0 spiro atoms. The topological polar surface area (TPSA) is 43.4 Å². The quantitative estimate of drug-likeness (QED) is 0.243. The zero-order valence-corrected chi connectivity index (χ0v) is 15.5. The van der Waals surface area contributed by atoms with Crippen molar-refractivity contribution in [2.24, 2.45) is 0 Å². The minimum atomic E-state index is -0.0798. The maximum absolute atomic E-state index is 10.9. The Kier molecular flexibility index (Phi) is 16.8. The van der Waals surface area contributed by atoms with E-state index in [9.17, 15) is 9.59 Å². The smallest absolute Gasteiger partial charge is 0.305 e. The van der Waals surface area contributed by atoms with Gasteiger partial charge in [0.25, 0.3) is 0 Å². The monoisotopic (exact) mass is 326 g/mol. The molecule has 0 aliphatic rings. The molecule has 3 nitrogen and oxygen atoms in total. The molecule has 0 saturated carbocycles. The van der Waals surface area contributed by atoms with Gasteiger partial charge in [0.05, 0.1) is 7.11 Å². The molecule has 0 heterocycles. The highest BCUT2D eigenvalue weighted by molar-refractivity contribution is 5.75. The van der Waals surface area contributed by atoms with Gasteiger partial charge in [0.2, 0.25) is 0 Å². The van der Waals surface area contributed by atoms with Crippen LogP contribution in [0.2, 0.25) is 0 Å². The first-order valence-electron chi connectivity index (χ1n) is 9.73. The van der Waals surface area contributed by atoms with Gasteiger partial charge in [-0.25, -0.2) is 0 Å². The Morgan fingerprint density at radius 2 is 0.870 bits per heavy atom. The Labute approximate surface area is 143 Å². The molecule has 136 valence electrons. The molecule has 0 bridgehead atoms. The SMILES string of the molecule is COC(=O)CCCCCCCCCCCCCCCCC(C)=O. The number of ether oxygens (including phenoxy) is 1. The molecule has 0 N–H and O–H groups in total. The first kappa shape index (κ1) is 22.1. The van der Waals surface area contributed by atoms with Crippen LogP contribution < -0.4 is 0 Å². The fraction of sp³-hybridized carbons (Fsp3) is 0.900. The third-order valence-corrected chi connectivity index (χ3v) is 4.39. The summed E-state index contributed by atoms with van der Waals surface area (Å²) in [6.45, 7) is 1.68. The third kappa shape index (κ3) is 19.1. The Morgan fingerprint density at radius 3 is 1.17 bits per heavy atom. The van der Waals surface area contributed by atoms with Crippen molar-refractivity contribution in [2.45, 2.75) is 110 Å². The summed E-state index contributed by atoms with van der Waals surface area (Å²) in [6.07, 6.45) is 19.1. The van der Waals surface area contributed by atoms with Gasteiger partial charge in [-0.15, -0.1) is 0 Å². The second-order valence-electron chi connectivity index (χ2n) is 6.73. The molecule has 0 rings (SSSR count). The number of carbonyl (C=O) groups excluding carboxylic acids is 2. The molecular weight excluding hydrogens is 288 g/mol. The molecule has 0 unspecified atom stereocenters. The van der Waals surface area contributed by atoms with Gasteiger partial charge in [0, 0.05) is 12.8 Å². The van der Waals surface area contributed by atoms with Crippen molar-refractivity contribution in [3.63, 3.8) is 0 Å². The zero-order chi connectivity index (χ0) is 17.2. The Morgan fingerprint density at radius 1 is 0.565 bits per heavy atom. The highest BCUT2D eigenvalue weighted by Crippen LogP contribution is 2.13. The van der Waals surface area contributed by atoms with Gasteiger partial charge in [-0.2, -0.15) is 0 Å². The molecule has 0 aromatic carbocycles. The van der Waals surface area contributed by atoms with Gasteiger partial charge in [0.1, 0.15) is 5.78 Å². The summed E-state index contributed by atoms with van der Waals surface area (Å²) in [5.41, 5.74) is 0. The predicted molar refractivity (Wildman–Crippen MR) is 96.6 cm³/mol. The van der Waals surface area contributed by atoms with E-state index >= 15 is 0 Å². The van der Waals surface area contributed by atoms with Gasteiger partial charge < -0.3 is 9.53 Å². The van der Waals surface area contributed by atoms with Crippen molar-refractivity contribution >= 4 is 11.8 Å². The fourth-order valence-corrected chi connectivity index (χ4v) is 2.87. The van der Waals surface area contributed by atoms with Gasteiger partial charge in [0.15, 0.2) is 0 Å². The van der Waals surface area contributed by atoms with E-state index in [1.807, 2.05) is 0 Å². The number of esters is 1. The second kappa shape index (κ2) is 17.5. The van der Waals surface area contributed by atoms with E-state index in [2.05, 4.69) is 4.74 Å². The summed E-state index contributed by atoms with van der Waals surface area (Å²) in [6, 6.07) is 0. The zero-order valence-electron chi connectivity index (χ0n) is 15.5. The summed E-state index contributed by atoms with van der Waals surface area (Å²) in [4.78, 5) is 21.7. The molecule has 0 saturated heterocycles. The molecule has 23 heavy (non-hydrogen) atoms. The minimum absolute atomic E-state index is 0.0798. The van der Waals surface area contributed by atoms with Crippen molar-refractivity contribution in [3.8, 4) is 0 Å². The first-order chi connectivity index (χ1) is 11.2. The standard InChI is InChI=1S/C20H38O3/c1-19(21)17-15-13-11-9-7-5-3-4-6-8-10-12-14-16-18-20(22)23-2/h3-18H2,1-2H3. The van der Waals surface area contributed by atoms with Crippen LogP contribution in [0.15, 0.2) is 0 Å². The summed E-state index contributed by atoms with van der Waals surface area (Å²) in [5, 5.41) is 0. The summed E-state index contributed by atoms with van der Waals surface area (Å²) < 4.78 is 4.63. The van der Waals surface area contributed by atoms with Gasteiger partial charge in [-0.3, -0.25) is 4.79 Å². The van der Waals surface area contributed by atoms with Crippen molar-refractivity contribution in [2.75, 3.05) is 7.11 Å². The van der Waals surface area contributed by atoms with Crippen LogP contribution in [0.3, 0.4) is 0 Å². The molecule has 0 aromatic rings. The fourth-order valence-electron chi connectivity index (χ4n) is 2.87. The molecule has 0 atom stereocenters. The normalized spacial score (nSPS) is 10.7. The molecule has 0 amide bonds. The van der Waals surface area contributed by atoms with Crippen LogP contribution in [-0.2, 0) is 14.3 Å². The highest BCUT2D eigenvalue weighted by atomic mass is 16.5. The first-order valence-corrected chi connectivity index (χ1v) is 9.73. The number of carbonyl (C=O) groups is 2. The summed E-state index contributed by atoms with van der Waals surface area (Å²) in [5.74, 6) is 0.248. The lowest BCUT2D eigenvalue weighted by molar-refractivity contribution is -0.140. The van der Waals surface area contributed by atoms with E-state index in [1.165, 1.54) is 77.7 Å². The van der Waals surface area contributed by atoms with Crippen molar-refractivity contribution in [1.29, 1.82) is 0 Å². The molecule has 0 radical (unpaired) electrons. The minimum Gasteiger partial charge on any atom is -0.469 e. The number of hydrogen-bond acceptors (Lipinski definition) is 3. The van der Waals surface area contributed by atoms with E-state index in [1.54, 1.807) is 6.92 Å².